The topological polar surface area (TPSA) is 56.6 Å². The highest BCUT2D eigenvalue weighted by Crippen LogP contribution is 2.17. The molecular weight excluding hydrogens is 180 g/mol. The van der Waals surface area contributed by atoms with Crippen LogP contribution in [0.3, 0.4) is 0 Å². The van der Waals surface area contributed by atoms with Crippen LogP contribution in [0.15, 0.2) is 18.5 Å². The first-order valence-electron chi connectivity index (χ1n) is 4.58. The molecule has 1 atom stereocenters. The number of aromatic nitrogens is 1. The number of aliphatic hydroxyl groups excluding tert-OH is 2. The minimum atomic E-state index is -0.389. The molecule has 0 aliphatic rings. The van der Waals surface area contributed by atoms with Gasteiger partial charge in [0.2, 0.25) is 0 Å². The molecule has 0 aliphatic heterocycles. The zero-order valence-electron chi connectivity index (χ0n) is 8.51. The Labute approximate surface area is 83.8 Å². The molecule has 0 aromatic carbocycles. The van der Waals surface area contributed by atoms with E-state index in [4.69, 9.17) is 5.11 Å². The van der Waals surface area contributed by atoms with E-state index in [1.807, 2.05) is 18.0 Å². The predicted octanol–water partition coefficient (Wildman–Crippen LogP) is 0.391. The quantitative estimate of drug-likeness (QED) is 0.731. The monoisotopic (exact) mass is 196 g/mol. The van der Waals surface area contributed by atoms with E-state index in [9.17, 15) is 5.11 Å². The van der Waals surface area contributed by atoms with Gasteiger partial charge in [0.15, 0.2) is 0 Å². The van der Waals surface area contributed by atoms with Crippen molar-refractivity contribution in [3.05, 3.63) is 24.0 Å². The summed E-state index contributed by atoms with van der Waals surface area (Å²) in [4.78, 5) is 5.83. The summed E-state index contributed by atoms with van der Waals surface area (Å²) in [6.07, 6.45) is 2.92. The Balaban J connectivity index is 2.82. The number of likely N-dealkylation sites (N-methyl/N-ethyl adjacent to an activating group) is 1. The number of pyridine rings is 1. The number of hydrogen-bond donors (Lipinski definition) is 2. The zero-order chi connectivity index (χ0) is 10.6. The van der Waals surface area contributed by atoms with Gasteiger partial charge < -0.3 is 15.1 Å². The first kappa shape index (κ1) is 10.9. The zero-order valence-corrected chi connectivity index (χ0v) is 8.51. The van der Waals surface area contributed by atoms with Gasteiger partial charge in [-0.05, 0) is 13.0 Å². The van der Waals surface area contributed by atoms with E-state index in [1.54, 1.807) is 19.3 Å². The molecule has 0 aliphatic carbocycles. The summed E-state index contributed by atoms with van der Waals surface area (Å²) in [7, 11) is 1.88. The van der Waals surface area contributed by atoms with Crippen LogP contribution < -0.4 is 4.90 Å². The van der Waals surface area contributed by atoms with Crippen LogP contribution in [0.1, 0.15) is 12.5 Å². The molecule has 4 nitrogen and oxygen atoms in total. The van der Waals surface area contributed by atoms with Gasteiger partial charge in [-0.2, -0.15) is 0 Å². The molecule has 0 amide bonds. The molecule has 0 fully saturated rings. The first-order valence-corrected chi connectivity index (χ1v) is 4.58. The Bertz CT molecular complexity index is 289. The fourth-order valence-corrected chi connectivity index (χ4v) is 1.41. The van der Waals surface area contributed by atoms with Crippen LogP contribution in [-0.2, 0) is 6.61 Å². The van der Waals surface area contributed by atoms with Gasteiger partial charge in [0.05, 0.1) is 12.7 Å². The average molecular weight is 196 g/mol. The minimum Gasteiger partial charge on any atom is -0.392 e. The molecule has 1 aromatic rings. The van der Waals surface area contributed by atoms with Gasteiger partial charge in [-0.15, -0.1) is 0 Å². The molecule has 0 bridgehead atoms. The maximum atomic E-state index is 9.23. The second-order valence-electron chi connectivity index (χ2n) is 3.39. The van der Waals surface area contributed by atoms with E-state index >= 15 is 0 Å². The lowest BCUT2D eigenvalue weighted by atomic mass is 10.2. The van der Waals surface area contributed by atoms with Crippen LogP contribution in [0, 0.1) is 0 Å². The Morgan fingerprint density at radius 3 is 2.86 bits per heavy atom. The summed E-state index contributed by atoms with van der Waals surface area (Å²) >= 11 is 0. The Hall–Kier alpha value is -1.13. The van der Waals surface area contributed by atoms with Gasteiger partial charge in [0.1, 0.15) is 0 Å². The van der Waals surface area contributed by atoms with E-state index in [0.717, 1.165) is 11.3 Å². The summed E-state index contributed by atoms with van der Waals surface area (Å²) < 4.78 is 0. The molecule has 1 aromatic heterocycles. The molecule has 0 spiro atoms. The van der Waals surface area contributed by atoms with Crippen molar-refractivity contribution in [1.82, 2.24) is 4.98 Å². The van der Waals surface area contributed by atoms with E-state index in [1.165, 1.54) is 0 Å². The Kier molecular flexibility index (Phi) is 3.85. The largest absolute Gasteiger partial charge is 0.392 e. The SMILES string of the molecule is CC(O)CN(C)c1ccncc1CO. The molecule has 1 unspecified atom stereocenters. The maximum Gasteiger partial charge on any atom is 0.0717 e. The van der Waals surface area contributed by atoms with Crippen LogP contribution in [0.25, 0.3) is 0 Å². The molecule has 0 radical (unpaired) electrons. The van der Waals surface area contributed by atoms with Crippen molar-refractivity contribution < 1.29 is 10.2 Å². The minimum absolute atomic E-state index is 0.0344. The van der Waals surface area contributed by atoms with E-state index < -0.39 is 0 Å². The molecule has 1 heterocycles. The normalized spacial score (nSPS) is 12.6. The summed E-state index contributed by atoms with van der Waals surface area (Å²) in [5.74, 6) is 0. The number of aliphatic hydroxyl groups is 2. The smallest absolute Gasteiger partial charge is 0.0717 e. The molecule has 0 saturated heterocycles. The lowest BCUT2D eigenvalue weighted by Crippen LogP contribution is -2.27. The van der Waals surface area contributed by atoms with Crippen molar-refractivity contribution in [3.63, 3.8) is 0 Å². The van der Waals surface area contributed by atoms with E-state index in [-0.39, 0.29) is 12.7 Å². The van der Waals surface area contributed by atoms with Crippen LogP contribution >= 0.6 is 0 Å². The summed E-state index contributed by atoms with van der Waals surface area (Å²) in [6, 6.07) is 1.83. The third-order valence-corrected chi connectivity index (χ3v) is 2.00. The summed E-state index contributed by atoms with van der Waals surface area (Å²) in [5, 5.41) is 18.3. The highest BCUT2D eigenvalue weighted by Gasteiger charge is 2.08. The molecular formula is C10H16N2O2. The third kappa shape index (κ3) is 2.68. The fourth-order valence-electron chi connectivity index (χ4n) is 1.41. The van der Waals surface area contributed by atoms with Crippen molar-refractivity contribution >= 4 is 5.69 Å². The van der Waals surface area contributed by atoms with Crippen LogP contribution in [0.5, 0.6) is 0 Å². The maximum absolute atomic E-state index is 9.23. The molecule has 2 N–H and O–H groups in total. The molecule has 4 heteroatoms. The van der Waals surface area contributed by atoms with E-state index in [2.05, 4.69) is 4.98 Å². The number of rotatable bonds is 4. The number of nitrogens with zero attached hydrogens (tertiary/aromatic N) is 2. The van der Waals surface area contributed by atoms with E-state index in [0.29, 0.717) is 6.54 Å². The Morgan fingerprint density at radius 2 is 2.29 bits per heavy atom. The highest BCUT2D eigenvalue weighted by molar-refractivity contribution is 5.51. The molecule has 78 valence electrons. The second kappa shape index (κ2) is 4.93. The fraction of sp³-hybridized carbons (Fsp3) is 0.500. The lowest BCUT2D eigenvalue weighted by molar-refractivity contribution is 0.201. The van der Waals surface area contributed by atoms with Crippen molar-refractivity contribution in [2.24, 2.45) is 0 Å². The van der Waals surface area contributed by atoms with Gasteiger partial charge in [-0.3, -0.25) is 4.98 Å². The molecule has 14 heavy (non-hydrogen) atoms. The number of anilines is 1. The molecule has 0 saturated carbocycles. The standard InChI is InChI=1S/C10H16N2O2/c1-8(14)6-12(2)10-3-4-11-5-9(10)7-13/h3-5,8,13-14H,6-7H2,1-2H3. The summed E-state index contributed by atoms with van der Waals surface area (Å²) in [6.45, 7) is 2.24. The van der Waals surface area contributed by atoms with Crippen molar-refractivity contribution in [2.45, 2.75) is 19.6 Å². The van der Waals surface area contributed by atoms with Crippen molar-refractivity contribution in [2.75, 3.05) is 18.5 Å². The average Bonchev–Trinajstić information content (AvgIpc) is 2.16. The predicted molar refractivity (Wildman–Crippen MR) is 55.1 cm³/mol. The second-order valence-corrected chi connectivity index (χ2v) is 3.39. The van der Waals surface area contributed by atoms with Crippen LogP contribution in [0.4, 0.5) is 5.69 Å². The highest BCUT2D eigenvalue weighted by atomic mass is 16.3. The van der Waals surface area contributed by atoms with Crippen LogP contribution in [-0.4, -0.2) is 34.9 Å². The first-order chi connectivity index (χ1) is 6.65. The van der Waals surface area contributed by atoms with Gasteiger partial charge in [-0.1, -0.05) is 0 Å². The van der Waals surface area contributed by atoms with Gasteiger partial charge in [0.25, 0.3) is 0 Å². The van der Waals surface area contributed by atoms with Crippen molar-refractivity contribution in [1.29, 1.82) is 0 Å². The Morgan fingerprint density at radius 1 is 1.57 bits per heavy atom. The van der Waals surface area contributed by atoms with Gasteiger partial charge in [-0.25, -0.2) is 0 Å². The summed E-state index contributed by atoms with van der Waals surface area (Å²) in [5.41, 5.74) is 1.68. The van der Waals surface area contributed by atoms with Gasteiger partial charge in [0, 0.05) is 37.2 Å². The van der Waals surface area contributed by atoms with Crippen molar-refractivity contribution in [3.8, 4) is 0 Å². The molecule has 1 rings (SSSR count). The van der Waals surface area contributed by atoms with Crippen LogP contribution in [0.2, 0.25) is 0 Å². The van der Waals surface area contributed by atoms with Gasteiger partial charge >= 0.3 is 0 Å². The number of hydrogen-bond acceptors (Lipinski definition) is 4. The third-order valence-electron chi connectivity index (χ3n) is 2.00. The lowest BCUT2D eigenvalue weighted by Gasteiger charge is -2.22.